The van der Waals surface area contributed by atoms with E-state index in [1.54, 1.807) is 26.3 Å². The summed E-state index contributed by atoms with van der Waals surface area (Å²) in [6, 6.07) is 15.8. The molecule has 3 aromatic rings. The first-order valence-corrected chi connectivity index (χ1v) is 8.20. The first-order valence-electron chi connectivity index (χ1n) is 7.38. The summed E-state index contributed by atoms with van der Waals surface area (Å²) in [5.41, 5.74) is 2.79. The lowest BCUT2D eigenvalue weighted by Gasteiger charge is -2.06. The molecular formula is C19H16FNO2S. The van der Waals surface area contributed by atoms with E-state index in [1.807, 2.05) is 30.3 Å². The van der Waals surface area contributed by atoms with E-state index in [2.05, 4.69) is 5.32 Å². The molecule has 0 saturated carbocycles. The second-order valence-electron chi connectivity index (χ2n) is 5.17. The smallest absolute Gasteiger partial charge is 0.261 e. The van der Waals surface area contributed by atoms with E-state index >= 15 is 0 Å². The largest absolute Gasteiger partial charge is 0.497 e. The molecule has 0 aliphatic heterocycles. The summed E-state index contributed by atoms with van der Waals surface area (Å²) in [5, 5.41) is 2.64. The van der Waals surface area contributed by atoms with Gasteiger partial charge in [-0.15, -0.1) is 11.3 Å². The lowest BCUT2D eigenvalue weighted by Crippen LogP contribution is -2.16. The molecule has 122 valence electrons. The minimum absolute atomic E-state index is 0.136. The molecule has 0 bridgehead atoms. The average molecular weight is 341 g/mol. The molecule has 3 nitrogen and oxygen atoms in total. The van der Waals surface area contributed by atoms with Crippen LogP contribution in [0.2, 0.25) is 0 Å². The number of hydrogen-bond donors (Lipinski definition) is 1. The van der Waals surface area contributed by atoms with Gasteiger partial charge in [-0.2, -0.15) is 0 Å². The highest BCUT2D eigenvalue weighted by Gasteiger charge is 2.16. The lowest BCUT2D eigenvalue weighted by atomic mass is 10.0. The number of methoxy groups -OCH3 is 1. The Bertz CT molecular complexity index is 854. The summed E-state index contributed by atoms with van der Waals surface area (Å²) in [6.07, 6.45) is 0. The Kier molecular flexibility index (Phi) is 4.62. The first kappa shape index (κ1) is 16.2. The second kappa shape index (κ2) is 6.84. The van der Waals surface area contributed by atoms with Gasteiger partial charge in [0.05, 0.1) is 12.0 Å². The van der Waals surface area contributed by atoms with Gasteiger partial charge in [0.2, 0.25) is 0 Å². The van der Waals surface area contributed by atoms with Gasteiger partial charge in [-0.3, -0.25) is 4.79 Å². The summed E-state index contributed by atoms with van der Waals surface area (Å²) in [5.74, 6) is 0.347. The molecule has 1 N–H and O–H groups in total. The number of carbonyl (C=O) groups is 1. The van der Waals surface area contributed by atoms with Gasteiger partial charge in [-0.25, -0.2) is 4.39 Å². The molecule has 0 aliphatic rings. The monoisotopic (exact) mass is 341 g/mol. The molecule has 1 aromatic heterocycles. The van der Waals surface area contributed by atoms with Gasteiger partial charge < -0.3 is 10.1 Å². The predicted octanol–water partition coefficient (Wildman–Crippen LogP) is 4.59. The van der Waals surface area contributed by atoms with E-state index < -0.39 is 0 Å². The van der Waals surface area contributed by atoms with Crippen molar-refractivity contribution in [2.75, 3.05) is 14.2 Å². The maximum atomic E-state index is 13.2. The van der Waals surface area contributed by atoms with Gasteiger partial charge in [-0.05, 0) is 41.5 Å². The second-order valence-corrected chi connectivity index (χ2v) is 6.22. The maximum Gasteiger partial charge on any atom is 0.261 e. The number of benzene rings is 2. The third kappa shape index (κ3) is 3.16. The van der Waals surface area contributed by atoms with Gasteiger partial charge >= 0.3 is 0 Å². The fourth-order valence-corrected chi connectivity index (χ4v) is 3.56. The Morgan fingerprint density at radius 3 is 2.25 bits per heavy atom. The van der Waals surface area contributed by atoms with Crippen LogP contribution in [0.5, 0.6) is 5.75 Å². The molecule has 0 aliphatic carbocycles. The molecular weight excluding hydrogens is 325 g/mol. The molecule has 2 aromatic carbocycles. The van der Waals surface area contributed by atoms with Crippen LogP contribution < -0.4 is 10.1 Å². The SMILES string of the molecule is CNC(=O)c1cc(-c2ccc(OC)cc2)c(-c2ccc(F)cc2)s1. The zero-order chi connectivity index (χ0) is 17.1. The Balaban J connectivity index is 2.13. The normalized spacial score (nSPS) is 10.5. The first-order chi connectivity index (χ1) is 11.6. The highest BCUT2D eigenvalue weighted by Crippen LogP contribution is 2.39. The Labute approximate surface area is 143 Å². The predicted molar refractivity (Wildman–Crippen MR) is 95.1 cm³/mol. The Morgan fingerprint density at radius 1 is 1.04 bits per heavy atom. The van der Waals surface area contributed by atoms with Crippen molar-refractivity contribution in [2.24, 2.45) is 0 Å². The molecule has 3 rings (SSSR count). The topological polar surface area (TPSA) is 38.3 Å². The van der Waals surface area contributed by atoms with Crippen LogP contribution >= 0.6 is 11.3 Å². The molecule has 0 radical (unpaired) electrons. The number of amides is 1. The third-order valence-electron chi connectivity index (χ3n) is 3.69. The number of nitrogens with one attached hydrogen (secondary N) is 1. The highest BCUT2D eigenvalue weighted by atomic mass is 32.1. The molecule has 24 heavy (non-hydrogen) atoms. The minimum Gasteiger partial charge on any atom is -0.497 e. The van der Waals surface area contributed by atoms with Crippen LogP contribution in [-0.2, 0) is 0 Å². The van der Waals surface area contributed by atoms with Crippen LogP contribution in [0.25, 0.3) is 21.6 Å². The van der Waals surface area contributed by atoms with Crippen molar-refractivity contribution in [3.8, 4) is 27.3 Å². The summed E-state index contributed by atoms with van der Waals surface area (Å²) in [4.78, 5) is 13.6. The number of carbonyl (C=O) groups excluding carboxylic acids is 1. The Morgan fingerprint density at radius 2 is 1.67 bits per heavy atom. The Hall–Kier alpha value is -2.66. The van der Waals surface area contributed by atoms with Gasteiger partial charge in [-0.1, -0.05) is 24.3 Å². The van der Waals surface area contributed by atoms with Crippen molar-refractivity contribution >= 4 is 17.2 Å². The van der Waals surface area contributed by atoms with Gasteiger partial charge in [0.25, 0.3) is 5.91 Å². The van der Waals surface area contributed by atoms with E-state index in [0.29, 0.717) is 4.88 Å². The van der Waals surface area contributed by atoms with Crippen LogP contribution in [0.15, 0.2) is 54.6 Å². The fraction of sp³-hybridized carbons (Fsp3) is 0.105. The molecule has 0 unspecified atom stereocenters. The molecule has 0 saturated heterocycles. The highest BCUT2D eigenvalue weighted by molar-refractivity contribution is 7.18. The summed E-state index contributed by atoms with van der Waals surface area (Å²) in [7, 11) is 3.22. The van der Waals surface area contributed by atoms with Crippen molar-refractivity contribution in [1.82, 2.24) is 5.32 Å². The standard InChI is InChI=1S/C19H16FNO2S/c1-21-19(22)17-11-16(12-5-9-15(23-2)10-6-12)18(24-17)13-3-7-14(20)8-4-13/h3-11H,1-2H3,(H,21,22). The fourth-order valence-electron chi connectivity index (χ4n) is 2.43. The van der Waals surface area contributed by atoms with Gasteiger partial charge in [0, 0.05) is 17.5 Å². The quantitative estimate of drug-likeness (QED) is 0.754. The van der Waals surface area contributed by atoms with Crippen molar-refractivity contribution < 1.29 is 13.9 Å². The van der Waals surface area contributed by atoms with Gasteiger partial charge in [0.15, 0.2) is 0 Å². The van der Waals surface area contributed by atoms with E-state index in [-0.39, 0.29) is 11.7 Å². The minimum atomic E-state index is -0.284. The molecule has 1 amide bonds. The van der Waals surface area contributed by atoms with Crippen molar-refractivity contribution in [1.29, 1.82) is 0 Å². The molecule has 1 heterocycles. The van der Waals surface area contributed by atoms with E-state index in [9.17, 15) is 9.18 Å². The van der Waals surface area contributed by atoms with Crippen LogP contribution in [-0.4, -0.2) is 20.1 Å². The maximum absolute atomic E-state index is 13.2. The number of rotatable bonds is 4. The zero-order valence-electron chi connectivity index (χ0n) is 13.3. The van der Waals surface area contributed by atoms with Crippen LogP contribution in [0, 0.1) is 5.82 Å². The van der Waals surface area contributed by atoms with E-state index in [0.717, 1.165) is 27.3 Å². The lowest BCUT2D eigenvalue weighted by molar-refractivity contribution is 0.0967. The van der Waals surface area contributed by atoms with Crippen LogP contribution in [0.4, 0.5) is 4.39 Å². The average Bonchev–Trinajstić information content (AvgIpc) is 3.07. The number of halogens is 1. The third-order valence-corrected chi connectivity index (χ3v) is 4.87. The van der Waals surface area contributed by atoms with E-state index in [4.69, 9.17) is 4.74 Å². The molecule has 5 heteroatoms. The molecule has 0 fully saturated rings. The van der Waals surface area contributed by atoms with Crippen molar-refractivity contribution in [3.05, 3.63) is 65.3 Å². The molecule has 0 atom stereocenters. The summed E-state index contributed by atoms with van der Waals surface area (Å²) >= 11 is 1.39. The van der Waals surface area contributed by atoms with Crippen molar-refractivity contribution in [2.45, 2.75) is 0 Å². The number of thiophene rings is 1. The number of ether oxygens (including phenoxy) is 1. The molecule has 0 spiro atoms. The van der Waals surface area contributed by atoms with Crippen molar-refractivity contribution in [3.63, 3.8) is 0 Å². The summed E-state index contributed by atoms with van der Waals surface area (Å²) in [6.45, 7) is 0. The van der Waals surface area contributed by atoms with Gasteiger partial charge in [0.1, 0.15) is 11.6 Å². The zero-order valence-corrected chi connectivity index (χ0v) is 14.1. The number of hydrogen-bond acceptors (Lipinski definition) is 3. The van der Waals surface area contributed by atoms with Crippen LogP contribution in [0.1, 0.15) is 9.67 Å². The van der Waals surface area contributed by atoms with E-state index in [1.165, 1.54) is 23.5 Å². The van der Waals surface area contributed by atoms with Crippen LogP contribution in [0.3, 0.4) is 0 Å². The summed E-state index contributed by atoms with van der Waals surface area (Å²) < 4.78 is 18.4.